The number of benzene rings is 3. The van der Waals surface area contributed by atoms with Crippen molar-refractivity contribution in [3.63, 3.8) is 0 Å². The summed E-state index contributed by atoms with van der Waals surface area (Å²) in [6, 6.07) is 26.9. The van der Waals surface area contributed by atoms with Crippen LogP contribution in [0.15, 0.2) is 83.9 Å². The first-order chi connectivity index (χ1) is 13.0. The zero-order valence-corrected chi connectivity index (χ0v) is 17.7. The first-order valence-corrected chi connectivity index (χ1v) is 9.67. The lowest BCUT2D eigenvalue weighted by atomic mass is 10.1. The van der Waals surface area contributed by atoms with Crippen molar-refractivity contribution < 1.29 is 0 Å². The van der Waals surface area contributed by atoms with Gasteiger partial charge < -0.3 is 0 Å². The van der Waals surface area contributed by atoms with Crippen LogP contribution < -0.4 is 0 Å². The first kappa shape index (κ1) is 22.4. The quantitative estimate of drug-likeness (QED) is 0.413. The Hall–Kier alpha value is -2.67. The van der Waals surface area contributed by atoms with E-state index in [9.17, 15) is 0 Å². The van der Waals surface area contributed by atoms with E-state index in [-0.39, 0.29) is 0 Å². The van der Waals surface area contributed by atoms with E-state index >= 15 is 0 Å². The molecule has 0 bridgehead atoms. The number of hydrogen-bond donors (Lipinski definition) is 0. The van der Waals surface area contributed by atoms with E-state index in [2.05, 4.69) is 89.0 Å². The summed E-state index contributed by atoms with van der Waals surface area (Å²) in [5.74, 6) is 0. The molecule has 3 aromatic carbocycles. The Morgan fingerprint density at radius 2 is 1.22 bits per heavy atom. The number of rotatable bonds is 2. The Labute approximate surface area is 165 Å². The summed E-state index contributed by atoms with van der Waals surface area (Å²) in [6.07, 6.45) is 1.25. The minimum absolute atomic E-state index is 1.05. The summed E-state index contributed by atoms with van der Waals surface area (Å²) in [7, 11) is 0. The van der Waals surface area contributed by atoms with Crippen LogP contribution in [-0.2, 0) is 0 Å². The molecule has 0 unspecified atom stereocenters. The first-order valence-electron chi connectivity index (χ1n) is 9.67. The van der Waals surface area contributed by atoms with Gasteiger partial charge in [0.2, 0.25) is 0 Å². The molecule has 1 nitrogen and oxygen atoms in total. The second kappa shape index (κ2) is 12.6. The molecule has 142 valence electrons. The maximum Gasteiger partial charge on any atom is 0.0662 e. The van der Waals surface area contributed by atoms with E-state index in [1.807, 2.05) is 36.4 Å². The van der Waals surface area contributed by atoms with Crippen molar-refractivity contribution >= 4 is 11.4 Å². The van der Waals surface area contributed by atoms with Crippen molar-refractivity contribution in [3.8, 4) is 0 Å². The Balaban J connectivity index is 0.000000301. The maximum absolute atomic E-state index is 4.69. The average molecular weight is 360 g/mol. The van der Waals surface area contributed by atoms with Gasteiger partial charge in [-0.15, -0.1) is 0 Å². The van der Waals surface area contributed by atoms with Crippen molar-refractivity contribution in [1.82, 2.24) is 0 Å². The fourth-order valence-electron chi connectivity index (χ4n) is 2.39. The molecular formula is C26H33N. The van der Waals surface area contributed by atoms with Crippen molar-refractivity contribution in [2.45, 2.75) is 48.0 Å². The van der Waals surface area contributed by atoms with Gasteiger partial charge in [0, 0.05) is 5.71 Å². The van der Waals surface area contributed by atoms with Crippen LogP contribution in [0.3, 0.4) is 0 Å². The summed E-state index contributed by atoms with van der Waals surface area (Å²) in [5, 5.41) is 0. The molecule has 1 heteroatoms. The van der Waals surface area contributed by atoms with E-state index in [0.717, 1.165) is 11.4 Å². The fourth-order valence-corrected chi connectivity index (χ4v) is 2.39. The highest BCUT2D eigenvalue weighted by atomic mass is 14.7. The summed E-state index contributed by atoms with van der Waals surface area (Å²) in [5.41, 5.74) is 7.10. The molecule has 0 aliphatic carbocycles. The van der Waals surface area contributed by atoms with Gasteiger partial charge in [-0.1, -0.05) is 104 Å². The molecule has 0 amide bonds. The van der Waals surface area contributed by atoms with Crippen LogP contribution in [0.25, 0.3) is 0 Å². The van der Waals surface area contributed by atoms with Gasteiger partial charge >= 0.3 is 0 Å². The molecule has 3 aromatic rings. The van der Waals surface area contributed by atoms with Gasteiger partial charge in [-0.05, 0) is 44.9 Å². The van der Waals surface area contributed by atoms with Crippen LogP contribution in [0, 0.1) is 20.8 Å². The highest BCUT2D eigenvalue weighted by Gasteiger charge is 1.99. The van der Waals surface area contributed by atoms with Gasteiger partial charge in [0.25, 0.3) is 0 Å². The van der Waals surface area contributed by atoms with Crippen LogP contribution in [0.2, 0.25) is 0 Å². The van der Waals surface area contributed by atoms with Crippen molar-refractivity contribution in [3.05, 3.63) is 101 Å². The van der Waals surface area contributed by atoms with Crippen molar-refractivity contribution in [2.24, 2.45) is 4.99 Å². The molecule has 0 atom stereocenters. The topological polar surface area (TPSA) is 12.4 Å². The molecule has 0 saturated heterocycles. The minimum atomic E-state index is 1.05. The van der Waals surface area contributed by atoms with Gasteiger partial charge in [-0.25, -0.2) is 0 Å². The number of nitrogens with zero attached hydrogens (tertiary/aromatic N) is 1. The largest absolute Gasteiger partial charge is 0.253 e. The lowest BCUT2D eigenvalue weighted by molar-refractivity contribution is 1.09. The zero-order valence-electron chi connectivity index (χ0n) is 17.7. The average Bonchev–Trinajstić information content (AvgIpc) is 2.66. The van der Waals surface area contributed by atoms with E-state index in [0.29, 0.717) is 0 Å². The molecule has 0 radical (unpaired) electrons. The highest BCUT2D eigenvalue weighted by molar-refractivity contribution is 6.00. The second-order valence-corrected chi connectivity index (χ2v) is 6.71. The number of hydrogen-bond acceptors (Lipinski definition) is 1. The normalized spacial score (nSPS) is 10.2. The SMILES string of the molecule is CC(=Nc1ccc(C)cc1C)c1ccccc1.CCC.Cc1ccccc1. The standard InChI is InChI=1S/C16H17N.C7H8.C3H8/c1-12-9-10-16(13(2)11-12)17-14(3)15-7-5-4-6-8-15;1-7-5-3-2-4-6-7;1-3-2/h4-11H,1-3H3;2-6H,1H3;3H2,1-2H3. The molecule has 0 aromatic heterocycles. The second-order valence-electron chi connectivity index (χ2n) is 6.71. The Morgan fingerprint density at radius 1 is 0.704 bits per heavy atom. The van der Waals surface area contributed by atoms with E-state index < -0.39 is 0 Å². The lowest BCUT2D eigenvalue weighted by Crippen LogP contribution is -1.93. The van der Waals surface area contributed by atoms with E-state index in [1.165, 1.54) is 28.7 Å². The Bertz CT molecular complexity index is 802. The minimum Gasteiger partial charge on any atom is -0.253 e. The molecule has 0 heterocycles. The van der Waals surface area contributed by atoms with Crippen LogP contribution >= 0.6 is 0 Å². The third kappa shape index (κ3) is 9.01. The van der Waals surface area contributed by atoms with Crippen LogP contribution in [0.5, 0.6) is 0 Å². The Morgan fingerprint density at radius 3 is 1.67 bits per heavy atom. The molecule has 0 N–H and O–H groups in total. The maximum atomic E-state index is 4.69. The summed E-state index contributed by atoms with van der Waals surface area (Å²) >= 11 is 0. The highest BCUT2D eigenvalue weighted by Crippen LogP contribution is 2.20. The molecular weight excluding hydrogens is 326 g/mol. The van der Waals surface area contributed by atoms with Gasteiger partial charge in [0.15, 0.2) is 0 Å². The molecule has 27 heavy (non-hydrogen) atoms. The smallest absolute Gasteiger partial charge is 0.0662 e. The zero-order chi connectivity index (χ0) is 20.1. The van der Waals surface area contributed by atoms with Crippen molar-refractivity contribution in [1.29, 1.82) is 0 Å². The van der Waals surface area contributed by atoms with Gasteiger partial charge in [0.1, 0.15) is 0 Å². The van der Waals surface area contributed by atoms with Crippen molar-refractivity contribution in [2.75, 3.05) is 0 Å². The fraction of sp³-hybridized carbons (Fsp3) is 0.269. The molecule has 0 spiro atoms. The molecule has 0 fully saturated rings. The third-order valence-corrected chi connectivity index (χ3v) is 3.77. The van der Waals surface area contributed by atoms with E-state index in [1.54, 1.807) is 0 Å². The molecule has 0 saturated carbocycles. The number of aryl methyl sites for hydroxylation is 3. The van der Waals surface area contributed by atoms with Crippen LogP contribution in [0.4, 0.5) is 5.69 Å². The summed E-state index contributed by atoms with van der Waals surface area (Å²) in [6.45, 7) is 12.6. The van der Waals surface area contributed by atoms with Gasteiger partial charge in [-0.3, -0.25) is 4.99 Å². The molecule has 3 rings (SSSR count). The third-order valence-electron chi connectivity index (χ3n) is 3.77. The monoisotopic (exact) mass is 359 g/mol. The lowest BCUT2D eigenvalue weighted by Gasteiger charge is -2.04. The number of aliphatic imine (C=N–C) groups is 1. The van der Waals surface area contributed by atoms with Crippen LogP contribution in [-0.4, -0.2) is 5.71 Å². The molecule has 0 aliphatic rings. The predicted molar refractivity (Wildman–Crippen MR) is 121 cm³/mol. The Kier molecular flexibility index (Phi) is 10.5. The summed E-state index contributed by atoms with van der Waals surface area (Å²) in [4.78, 5) is 4.69. The van der Waals surface area contributed by atoms with E-state index in [4.69, 9.17) is 0 Å². The van der Waals surface area contributed by atoms with Crippen LogP contribution in [0.1, 0.15) is 49.4 Å². The predicted octanol–water partition coefficient (Wildman–Crippen LogP) is 7.86. The summed E-state index contributed by atoms with van der Waals surface area (Å²) < 4.78 is 0. The van der Waals surface area contributed by atoms with Gasteiger partial charge in [-0.2, -0.15) is 0 Å². The van der Waals surface area contributed by atoms with Gasteiger partial charge in [0.05, 0.1) is 5.69 Å². The molecule has 0 aliphatic heterocycles.